The second-order valence-electron chi connectivity index (χ2n) is 25.6. The summed E-state index contributed by atoms with van der Waals surface area (Å²) in [6.45, 7) is 4.18. The Morgan fingerprint density at radius 1 is 0.330 bits per heavy atom. The Morgan fingerprint density at radius 3 is 0.851 bits per heavy atom. The lowest BCUT2D eigenvalue weighted by Crippen LogP contribution is -2.37. The average Bonchev–Trinajstić information content (AvgIpc) is 1.56. The van der Waals surface area contributed by atoms with Crippen LogP contribution in [0.4, 0.5) is 0 Å². The topological polar surface area (TPSA) is 108 Å². The van der Waals surface area contributed by atoms with Gasteiger partial charge in [0.25, 0.3) is 0 Å². The zero-order chi connectivity index (χ0) is 68.3. The van der Waals surface area contributed by atoms with Crippen molar-refractivity contribution in [3.05, 3.63) is 182 Å². The van der Waals surface area contributed by atoms with Gasteiger partial charge in [0.1, 0.15) is 19.8 Å². The first kappa shape index (κ1) is 89.1. The highest BCUT2D eigenvalue weighted by Crippen LogP contribution is 2.43. The van der Waals surface area contributed by atoms with E-state index in [0.717, 1.165) is 148 Å². The van der Waals surface area contributed by atoms with E-state index in [4.69, 9.17) is 18.5 Å². The van der Waals surface area contributed by atoms with E-state index in [1.807, 2.05) is 21.1 Å². The standard InChI is InChI=1S/C84H138NO8P/c1-6-8-10-12-14-16-18-20-22-24-26-28-30-32-34-36-38-39-40-41-42-43-44-45-47-49-51-53-55-57-59-61-63-65-67-69-71-73-75-77-84(87)93-82(81-92-94(88,89)91-79-78-85(3,4)5)80-90-83(86)76-74-72-70-68-66-64-62-60-58-56-54-52-50-48-46-37-35-33-31-29-27-25-23-21-19-17-15-13-11-9-7-2/h8-11,14-17,20-23,26-29,32,34,38-39,41-42,44-45,49,51,55,57,61,63,82H,6-7,12-13,18-19,24-25,30-31,33,35-37,40,43,46-48,50,52-54,56,58-60,62,64-81H2,1-5H3/p+1/b10-8-,11-9-,16-14-,17-15-,22-20-,23-21-,28-26-,29-27-,34-32-,39-38-,42-41-,45-44-,51-49-,57-55-,63-61-. The van der Waals surface area contributed by atoms with E-state index in [1.54, 1.807) is 0 Å². The van der Waals surface area contributed by atoms with E-state index >= 15 is 0 Å². The quantitative estimate of drug-likeness (QED) is 0.0211. The van der Waals surface area contributed by atoms with Crippen molar-refractivity contribution < 1.29 is 42.1 Å². The number of hydrogen-bond donors (Lipinski definition) is 1. The first-order valence-corrected chi connectivity index (χ1v) is 39.0. The van der Waals surface area contributed by atoms with Crippen molar-refractivity contribution in [2.24, 2.45) is 0 Å². The number of likely N-dealkylation sites (N-methyl/N-ethyl adjacent to an activating group) is 1. The van der Waals surface area contributed by atoms with Crippen molar-refractivity contribution >= 4 is 19.8 Å². The number of nitrogens with zero attached hydrogens (tertiary/aromatic N) is 1. The number of phosphoric acid groups is 1. The number of esters is 2. The number of unbranched alkanes of at least 4 members (excludes halogenated alkanes) is 23. The summed E-state index contributed by atoms with van der Waals surface area (Å²) in [5.74, 6) is -0.824. The van der Waals surface area contributed by atoms with Crippen LogP contribution in [0.1, 0.15) is 284 Å². The number of carbonyl (C=O) groups is 2. The second-order valence-corrected chi connectivity index (χ2v) is 27.0. The van der Waals surface area contributed by atoms with E-state index in [0.29, 0.717) is 17.4 Å². The van der Waals surface area contributed by atoms with Gasteiger partial charge in [0.15, 0.2) is 6.10 Å². The summed E-state index contributed by atoms with van der Waals surface area (Å²) in [5.41, 5.74) is 0. The Morgan fingerprint density at radius 2 is 0.574 bits per heavy atom. The maximum atomic E-state index is 12.9. The van der Waals surface area contributed by atoms with Gasteiger partial charge in [0.05, 0.1) is 27.7 Å². The summed E-state index contributed by atoms with van der Waals surface area (Å²) in [6, 6.07) is 0. The first-order valence-electron chi connectivity index (χ1n) is 37.5. The van der Waals surface area contributed by atoms with Crippen molar-refractivity contribution in [1.29, 1.82) is 0 Å². The zero-order valence-corrected chi connectivity index (χ0v) is 61.5. The third kappa shape index (κ3) is 76.1. The molecule has 0 aliphatic carbocycles. The fourth-order valence-corrected chi connectivity index (χ4v) is 10.5. The van der Waals surface area contributed by atoms with Crippen molar-refractivity contribution in [2.45, 2.75) is 290 Å². The summed E-state index contributed by atoms with van der Waals surface area (Å²) >= 11 is 0. The lowest BCUT2D eigenvalue weighted by atomic mass is 10.0. The maximum Gasteiger partial charge on any atom is 0.472 e. The number of allylic oxidation sites excluding steroid dienone is 30. The Labute approximate surface area is 578 Å². The van der Waals surface area contributed by atoms with Crippen molar-refractivity contribution in [3.63, 3.8) is 0 Å². The van der Waals surface area contributed by atoms with E-state index in [1.165, 1.54) is 103 Å². The summed E-state index contributed by atoms with van der Waals surface area (Å²) in [6.07, 6.45) is 111. The molecule has 0 fully saturated rings. The Kier molecular flexibility index (Phi) is 68.6. The summed E-state index contributed by atoms with van der Waals surface area (Å²) in [7, 11) is 1.45. The van der Waals surface area contributed by atoms with Crippen LogP contribution in [0.15, 0.2) is 182 Å². The van der Waals surface area contributed by atoms with E-state index in [-0.39, 0.29) is 32.0 Å². The Balaban J connectivity index is 4.12. The van der Waals surface area contributed by atoms with Gasteiger partial charge < -0.3 is 18.9 Å². The van der Waals surface area contributed by atoms with Crippen LogP contribution in [0.2, 0.25) is 0 Å². The molecule has 0 aliphatic rings. The smallest absolute Gasteiger partial charge is 0.462 e. The van der Waals surface area contributed by atoms with Gasteiger partial charge in [-0.25, -0.2) is 4.57 Å². The predicted octanol–water partition coefficient (Wildman–Crippen LogP) is 25.0. The van der Waals surface area contributed by atoms with Crippen LogP contribution in [0.3, 0.4) is 0 Å². The van der Waals surface area contributed by atoms with Crippen LogP contribution in [0.25, 0.3) is 0 Å². The molecule has 0 aromatic rings. The number of phosphoric ester groups is 1. The minimum absolute atomic E-state index is 0.0193. The summed E-state index contributed by atoms with van der Waals surface area (Å²) < 4.78 is 34.7. The zero-order valence-electron chi connectivity index (χ0n) is 60.6. The number of ether oxygens (including phenoxy) is 2. The number of quaternary nitrogens is 1. The van der Waals surface area contributed by atoms with Crippen molar-refractivity contribution in [2.75, 3.05) is 47.5 Å². The monoisotopic (exact) mass is 1320 g/mol. The molecule has 532 valence electrons. The normalized spacial score (nSPS) is 14.1. The van der Waals surface area contributed by atoms with Gasteiger partial charge in [-0.3, -0.25) is 18.6 Å². The van der Waals surface area contributed by atoms with Crippen LogP contribution < -0.4 is 0 Å². The highest BCUT2D eigenvalue weighted by atomic mass is 31.2. The summed E-state index contributed by atoms with van der Waals surface area (Å²) in [4.78, 5) is 35.9. The van der Waals surface area contributed by atoms with Crippen molar-refractivity contribution in [3.8, 4) is 0 Å². The molecular formula is C84H139NO8P+. The second kappa shape index (κ2) is 72.4. The highest BCUT2D eigenvalue weighted by Gasteiger charge is 2.27. The van der Waals surface area contributed by atoms with E-state index < -0.39 is 26.5 Å². The van der Waals surface area contributed by atoms with Crippen LogP contribution in [0.5, 0.6) is 0 Å². The lowest BCUT2D eigenvalue weighted by Gasteiger charge is -2.24. The molecule has 0 saturated heterocycles. The molecule has 0 heterocycles. The molecule has 0 amide bonds. The molecule has 94 heavy (non-hydrogen) atoms. The molecule has 0 bridgehead atoms. The van der Waals surface area contributed by atoms with Gasteiger partial charge in [-0.2, -0.15) is 0 Å². The van der Waals surface area contributed by atoms with Crippen LogP contribution >= 0.6 is 7.82 Å². The van der Waals surface area contributed by atoms with Gasteiger partial charge in [-0.05, 0) is 135 Å². The molecule has 9 nitrogen and oxygen atoms in total. The summed E-state index contributed by atoms with van der Waals surface area (Å²) in [5, 5.41) is 0. The molecule has 0 spiro atoms. The molecule has 2 atom stereocenters. The minimum atomic E-state index is -4.41. The molecular weight excluding hydrogens is 1180 g/mol. The van der Waals surface area contributed by atoms with Gasteiger partial charge in [0.2, 0.25) is 0 Å². The van der Waals surface area contributed by atoms with Crippen LogP contribution in [-0.2, 0) is 32.7 Å². The molecule has 10 heteroatoms. The third-order valence-corrected chi connectivity index (χ3v) is 16.4. The SMILES string of the molecule is CC/C=C\C/C=C\C/C=C\C/C=C\C/C=C\C/C=C\C/C=C\C/C=C\C/C=C\C/C=C\C/C=C\CCCCCCCC(=O)OC(COC(=O)CCCCCCCCCCCCCCCCCCCC/C=C\C/C=C\C/C=C\C/C=C\CC)COP(=O)(O)OCC[N+](C)(C)C. The molecule has 0 radical (unpaired) electrons. The van der Waals surface area contributed by atoms with Gasteiger partial charge in [-0.15, -0.1) is 0 Å². The van der Waals surface area contributed by atoms with Gasteiger partial charge >= 0.3 is 19.8 Å². The molecule has 0 aliphatic heterocycles. The van der Waals surface area contributed by atoms with Crippen LogP contribution in [0, 0.1) is 0 Å². The van der Waals surface area contributed by atoms with Crippen molar-refractivity contribution in [1.82, 2.24) is 0 Å². The Bertz CT molecular complexity index is 2240. The Hall–Kier alpha value is -4.89. The molecule has 0 saturated carbocycles. The fraction of sp³-hybridized carbons (Fsp3) is 0.619. The number of rotatable bonds is 67. The number of carbonyl (C=O) groups excluding carboxylic acids is 2. The third-order valence-electron chi connectivity index (χ3n) is 15.4. The highest BCUT2D eigenvalue weighted by molar-refractivity contribution is 7.47. The molecule has 1 N–H and O–H groups in total. The lowest BCUT2D eigenvalue weighted by molar-refractivity contribution is -0.870. The fourth-order valence-electron chi connectivity index (χ4n) is 9.78. The molecule has 2 unspecified atom stereocenters. The van der Waals surface area contributed by atoms with Crippen LogP contribution in [-0.4, -0.2) is 74.9 Å². The minimum Gasteiger partial charge on any atom is -0.462 e. The van der Waals surface area contributed by atoms with Gasteiger partial charge in [-0.1, -0.05) is 318 Å². The predicted molar refractivity (Wildman–Crippen MR) is 408 cm³/mol. The maximum absolute atomic E-state index is 12.9. The molecule has 0 aromatic carbocycles. The van der Waals surface area contributed by atoms with E-state index in [9.17, 15) is 19.0 Å². The molecule has 0 aromatic heterocycles. The number of hydrogen-bond acceptors (Lipinski definition) is 7. The largest absolute Gasteiger partial charge is 0.472 e. The molecule has 0 rings (SSSR count). The average molecular weight is 1320 g/mol. The van der Waals surface area contributed by atoms with Gasteiger partial charge in [0, 0.05) is 12.8 Å². The first-order chi connectivity index (χ1) is 46.0. The van der Waals surface area contributed by atoms with E-state index in [2.05, 4.69) is 196 Å².